The monoisotopic (exact) mass is 280 g/mol. The molecule has 3 nitrogen and oxygen atoms in total. The van der Waals surface area contributed by atoms with Crippen LogP contribution in [0.25, 0.3) is 10.9 Å². The second-order valence-electron chi connectivity index (χ2n) is 5.08. The molecule has 0 saturated heterocycles. The maximum absolute atomic E-state index is 5.82. The largest absolute Gasteiger partial charge is 0.494 e. The summed E-state index contributed by atoms with van der Waals surface area (Å²) in [7, 11) is 0. The topological polar surface area (TPSA) is 40.2 Å². The van der Waals surface area contributed by atoms with Gasteiger partial charge in [0.2, 0.25) is 0 Å². The third kappa shape index (κ3) is 3.09. The average Bonchev–Trinajstić information content (AvgIpc) is 2.91. The number of nitrogens with two attached hydrogens (primary N) is 1. The molecule has 21 heavy (non-hydrogen) atoms. The molecule has 0 spiro atoms. The predicted octanol–water partition coefficient (Wildman–Crippen LogP) is 3.57. The van der Waals surface area contributed by atoms with E-state index in [0.29, 0.717) is 13.2 Å². The van der Waals surface area contributed by atoms with E-state index in [0.717, 1.165) is 18.7 Å². The maximum atomic E-state index is 5.82. The van der Waals surface area contributed by atoms with Gasteiger partial charge in [-0.3, -0.25) is 0 Å². The number of ether oxygens (including phenoxy) is 1. The highest BCUT2D eigenvalue weighted by Crippen LogP contribution is 2.21. The van der Waals surface area contributed by atoms with Gasteiger partial charge in [0.15, 0.2) is 0 Å². The van der Waals surface area contributed by atoms with E-state index >= 15 is 0 Å². The highest BCUT2D eigenvalue weighted by atomic mass is 16.5. The molecule has 1 heterocycles. The Labute approximate surface area is 125 Å². The Morgan fingerprint density at radius 1 is 0.952 bits per heavy atom. The van der Waals surface area contributed by atoms with Gasteiger partial charge in [-0.05, 0) is 30.2 Å². The fourth-order valence-corrected chi connectivity index (χ4v) is 2.61. The molecule has 0 fully saturated rings. The summed E-state index contributed by atoms with van der Waals surface area (Å²) >= 11 is 0. The van der Waals surface area contributed by atoms with Crippen LogP contribution in [-0.4, -0.2) is 11.2 Å². The zero-order chi connectivity index (χ0) is 14.5. The second kappa shape index (κ2) is 6.46. The molecule has 0 aliphatic heterocycles. The first-order valence-electron chi connectivity index (χ1n) is 7.33. The normalized spacial score (nSPS) is 10.9. The van der Waals surface area contributed by atoms with Crippen molar-refractivity contribution in [3.8, 4) is 5.75 Å². The van der Waals surface area contributed by atoms with Crippen molar-refractivity contribution in [3.05, 3.63) is 66.4 Å². The fraction of sp³-hybridized carbons (Fsp3) is 0.222. The Bertz CT molecular complexity index is 704. The Morgan fingerprint density at radius 2 is 1.71 bits per heavy atom. The highest BCUT2D eigenvalue weighted by molar-refractivity contribution is 5.83. The standard InChI is InChI=1S/C18H20N2O/c19-13-15-14-20(18-10-5-4-9-17(15)18)11-6-12-21-16-7-2-1-3-8-16/h1-5,7-10,14H,6,11-13,19H2. The molecule has 3 heteroatoms. The molecular formula is C18H20N2O. The number of rotatable bonds is 6. The summed E-state index contributed by atoms with van der Waals surface area (Å²) < 4.78 is 8.00. The number of fused-ring (bicyclic) bond motifs is 1. The Hall–Kier alpha value is -2.26. The predicted molar refractivity (Wildman–Crippen MR) is 86.4 cm³/mol. The van der Waals surface area contributed by atoms with Crippen LogP contribution in [0, 0.1) is 0 Å². The average molecular weight is 280 g/mol. The first-order chi connectivity index (χ1) is 10.4. The maximum Gasteiger partial charge on any atom is 0.119 e. The first-order valence-corrected chi connectivity index (χ1v) is 7.33. The van der Waals surface area contributed by atoms with Gasteiger partial charge in [-0.1, -0.05) is 36.4 Å². The Balaban J connectivity index is 1.63. The fourth-order valence-electron chi connectivity index (χ4n) is 2.61. The minimum absolute atomic E-state index is 0.577. The van der Waals surface area contributed by atoms with Crippen molar-refractivity contribution in [2.75, 3.05) is 6.61 Å². The number of hydrogen-bond acceptors (Lipinski definition) is 2. The van der Waals surface area contributed by atoms with Crippen LogP contribution in [0.5, 0.6) is 5.75 Å². The van der Waals surface area contributed by atoms with Crippen LogP contribution >= 0.6 is 0 Å². The minimum atomic E-state index is 0.577. The van der Waals surface area contributed by atoms with Crippen LogP contribution in [0.4, 0.5) is 0 Å². The molecule has 0 atom stereocenters. The van der Waals surface area contributed by atoms with E-state index in [1.165, 1.54) is 16.5 Å². The van der Waals surface area contributed by atoms with Gasteiger partial charge in [0.1, 0.15) is 5.75 Å². The second-order valence-corrected chi connectivity index (χ2v) is 5.08. The molecule has 2 aromatic carbocycles. The third-order valence-electron chi connectivity index (χ3n) is 3.65. The van der Waals surface area contributed by atoms with Crippen LogP contribution in [0.15, 0.2) is 60.8 Å². The zero-order valence-electron chi connectivity index (χ0n) is 12.0. The van der Waals surface area contributed by atoms with Crippen LogP contribution in [0.2, 0.25) is 0 Å². The lowest BCUT2D eigenvalue weighted by Gasteiger charge is -2.07. The van der Waals surface area contributed by atoms with Gasteiger partial charge < -0.3 is 15.0 Å². The molecule has 1 aromatic heterocycles. The van der Waals surface area contributed by atoms with E-state index in [1.807, 2.05) is 30.3 Å². The molecule has 0 aliphatic carbocycles. The minimum Gasteiger partial charge on any atom is -0.494 e. The van der Waals surface area contributed by atoms with Crippen LogP contribution in [-0.2, 0) is 13.1 Å². The van der Waals surface area contributed by atoms with Gasteiger partial charge in [-0.2, -0.15) is 0 Å². The zero-order valence-corrected chi connectivity index (χ0v) is 12.0. The number of nitrogens with zero attached hydrogens (tertiary/aromatic N) is 1. The van der Waals surface area contributed by atoms with E-state index in [1.54, 1.807) is 0 Å². The summed E-state index contributed by atoms with van der Waals surface area (Å²) in [6.45, 7) is 2.23. The molecule has 2 N–H and O–H groups in total. The summed E-state index contributed by atoms with van der Waals surface area (Å²) in [5.74, 6) is 0.928. The lowest BCUT2D eigenvalue weighted by Crippen LogP contribution is -2.03. The molecule has 0 unspecified atom stereocenters. The van der Waals surface area contributed by atoms with Crippen molar-refractivity contribution < 1.29 is 4.74 Å². The van der Waals surface area contributed by atoms with Crippen LogP contribution in [0.1, 0.15) is 12.0 Å². The smallest absolute Gasteiger partial charge is 0.119 e. The third-order valence-corrected chi connectivity index (χ3v) is 3.65. The number of aryl methyl sites for hydroxylation is 1. The molecule has 0 amide bonds. The lowest BCUT2D eigenvalue weighted by atomic mass is 10.2. The van der Waals surface area contributed by atoms with Gasteiger partial charge in [0, 0.05) is 30.2 Å². The van der Waals surface area contributed by atoms with E-state index < -0.39 is 0 Å². The molecule has 0 saturated carbocycles. The SMILES string of the molecule is NCc1cn(CCCOc2ccccc2)c2ccccc12. The van der Waals surface area contributed by atoms with Gasteiger partial charge >= 0.3 is 0 Å². The molecule has 108 valence electrons. The number of para-hydroxylation sites is 2. The van der Waals surface area contributed by atoms with Crippen molar-refractivity contribution in [3.63, 3.8) is 0 Å². The Kier molecular flexibility index (Phi) is 4.22. The lowest BCUT2D eigenvalue weighted by molar-refractivity contribution is 0.302. The van der Waals surface area contributed by atoms with Gasteiger partial charge in [-0.15, -0.1) is 0 Å². The quantitative estimate of drug-likeness (QED) is 0.701. The summed E-state index contributed by atoms with van der Waals surface area (Å²) in [4.78, 5) is 0. The van der Waals surface area contributed by atoms with E-state index in [9.17, 15) is 0 Å². The Morgan fingerprint density at radius 3 is 2.52 bits per heavy atom. The summed E-state index contributed by atoms with van der Waals surface area (Å²) in [5.41, 5.74) is 8.27. The summed E-state index contributed by atoms with van der Waals surface area (Å²) in [5, 5.41) is 1.25. The summed E-state index contributed by atoms with van der Waals surface area (Å²) in [6.07, 6.45) is 3.13. The van der Waals surface area contributed by atoms with Gasteiger partial charge in [0.05, 0.1) is 6.61 Å². The molecule has 3 rings (SSSR count). The van der Waals surface area contributed by atoms with E-state index in [4.69, 9.17) is 10.5 Å². The number of hydrogen-bond donors (Lipinski definition) is 1. The highest BCUT2D eigenvalue weighted by Gasteiger charge is 2.06. The summed E-state index contributed by atoms with van der Waals surface area (Å²) in [6, 6.07) is 18.3. The van der Waals surface area contributed by atoms with Crippen molar-refractivity contribution in [2.45, 2.75) is 19.5 Å². The molecule has 3 aromatic rings. The van der Waals surface area contributed by atoms with E-state index in [-0.39, 0.29) is 0 Å². The number of aromatic nitrogens is 1. The van der Waals surface area contributed by atoms with Crippen LogP contribution in [0.3, 0.4) is 0 Å². The molecule has 0 aliphatic rings. The van der Waals surface area contributed by atoms with Crippen molar-refractivity contribution in [1.82, 2.24) is 4.57 Å². The van der Waals surface area contributed by atoms with Crippen molar-refractivity contribution in [1.29, 1.82) is 0 Å². The molecular weight excluding hydrogens is 260 g/mol. The van der Waals surface area contributed by atoms with Crippen molar-refractivity contribution >= 4 is 10.9 Å². The molecule has 0 bridgehead atoms. The first kappa shape index (κ1) is 13.7. The van der Waals surface area contributed by atoms with E-state index in [2.05, 4.69) is 35.0 Å². The van der Waals surface area contributed by atoms with Gasteiger partial charge in [-0.25, -0.2) is 0 Å². The van der Waals surface area contributed by atoms with Crippen molar-refractivity contribution in [2.24, 2.45) is 5.73 Å². The van der Waals surface area contributed by atoms with Crippen LogP contribution < -0.4 is 10.5 Å². The van der Waals surface area contributed by atoms with Gasteiger partial charge in [0.25, 0.3) is 0 Å². The molecule has 0 radical (unpaired) electrons. The number of benzene rings is 2.